The van der Waals surface area contributed by atoms with Gasteiger partial charge in [-0.05, 0) is 37.1 Å². The maximum atomic E-state index is 12.7. The van der Waals surface area contributed by atoms with Gasteiger partial charge in [-0.3, -0.25) is 14.5 Å². The molecule has 0 radical (unpaired) electrons. The molecule has 0 bridgehead atoms. The summed E-state index contributed by atoms with van der Waals surface area (Å²) in [5.74, 6) is 0.115. The van der Waals surface area contributed by atoms with Crippen LogP contribution in [0.15, 0.2) is 18.2 Å². The zero-order valence-corrected chi connectivity index (χ0v) is 14.1. The van der Waals surface area contributed by atoms with Gasteiger partial charge in [0.05, 0.1) is 0 Å². The fourth-order valence-corrected chi connectivity index (χ4v) is 3.38. The normalized spacial score (nSPS) is 19.9. The van der Waals surface area contributed by atoms with Crippen LogP contribution in [-0.2, 0) is 11.2 Å². The highest BCUT2D eigenvalue weighted by Crippen LogP contribution is 2.24. The molecule has 23 heavy (non-hydrogen) atoms. The molecule has 2 aliphatic rings. The second-order valence-corrected chi connectivity index (χ2v) is 7.04. The van der Waals surface area contributed by atoms with Crippen molar-refractivity contribution < 1.29 is 9.59 Å². The zero-order valence-electron chi connectivity index (χ0n) is 13.3. The van der Waals surface area contributed by atoms with E-state index >= 15 is 0 Å². The van der Waals surface area contributed by atoms with Gasteiger partial charge in [-0.25, -0.2) is 0 Å². The van der Waals surface area contributed by atoms with E-state index in [-0.39, 0.29) is 17.2 Å². The number of carbonyl (C=O) groups is 2. The van der Waals surface area contributed by atoms with Crippen LogP contribution in [0.2, 0.25) is 0 Å². The Hall–Kier alpha value is -1.59. The van der Waals surface area contributed by atoms with Crippen molar-refractivity contribution in [1.29, 1.82) is 0 Å². The molecule has 1 aromatic rings. The summed E-state index contributed by atoms with van der Waals surface area (Å²) in [4.78, 5) is 28.3. The Morgan fingerprint density at radius 2 is 2.00 bits per heavy atom. The number of hydrogen-bond acceptors (Lipinski definition) is 3. The van der Waals surface area contributed by atoms with Crippen LogP contribution in [0.25, 0.3) is 0 Å². The number of anilines is 1. The van der Waals surface area contributed by atoms with Gasteiger partial charge in [0.2, 0.25) is 5.91 Å². The number of hydrogen-bond donors (Lipinski definition) is 1. The van der Waals surface area contributed by atoms with Crippen LogP contribution in [-0.4, -0.2) is 59.7 Å². The fraction of sp³-hybridized carbons (Fsp3) is 0.529. The molecule has 0 aromatic heterocycles. The van der Waals surface area contributed by atoms with Crippen molar-refractivity contribution in [2.75, 3.05) is 38.0 Å². The predicted molar refractivity (Wildman–Crippen MR) is 91.1 cm³/mol. The topological polar surface area (TPSA) is 52.7 Å². The maximum Gasteiger partial charge on any atom is 0.253 e. The third-order valence-electron chi connectivity index (χ3n) is 4.42. The molecule has 1 fully saturated rings. The number of benzene rings is 1. The van der Waals surface area contributed by atoms with Crippen molar-refractivity contribution in [3.8, 4) is 0 Å². The van der Waals surface area contributed by atoms with Crippen LogP contribution in [0.3, 0.4) is 0 Å². The first-order valence-electron chi connectivity index (χ1n) is 8.11. The number of nitrogens with one attached hydrogen (secondary N) is 1. The summed E-state index contributed by atoms with van der Waals surface area (Å²) in [7, 11) is 0. The summed E-state index contributed by atoms with van der Waals surface area (Å²) in [5.41, 5.74) is 2.59. The average molecular weight is 336 g/mol. The first-order valence-corrected chi connectivity index (χ1v) is 8.55. The summed E-state index contributed by atoms with van der Waals surface area (Å²) in [6, 6.07) is 5.56. The Kier molecular flexibility index (Phi) is 4.87. The lowest BCUT2D eigenvalue weighted by atomic mass is 10.00. The highest BCUT2D eigenvalue weighted by Gasteiger charge is 2.24. The molecule has 1 saturated heterocycles. The van der Waals surface area contributed by atoms with Gasteiger partial charge in [0.15, 0.2) is 0 Å². The molecule has 1 N–H and O–H groups in total. The predicted octanol–water partition coefficient (Wildman–Crippen LogP) is 1.96. The first kappa shape index (κ1) is 16.3. The molecule has 2 aliphatic heterocycles. The zero-order chi connectivity index (χ0) is 16.4. The SMILES string of the molecule is CC(Cl)CN1CCN(C(=O)c2ccc3c(c2)CCC(=O)N3)CC1. The van der Waals surface area contributed by atoms with E-state index in [1.54, 1.807) is 6.07 Å². The second-order valence-electron chi connectivity index (χ2n) is 6.29. The molecule has 6 heteroatoms. The van der Waals surface area contributed by atoms with Crippen LogP contribution < -0.4 is 5.32 Å². The van der Waals surface area contributed by atoms with E-state index in [4.69, 9.17) is 11.6 Å². The molecule has 3 rings (SSSR count). The molecule has 0 aliphatic carbocycles. The number of carbonyl (C=O) groups excluding carboxylic acids is 2. The molecular formula is C17H22ClN3O2. The van der Waals surface area contributed by atoms with Gasteiger partial charge in [0.1, 0.15) is 0 Å². The molecule has 5 nitrogen and oxygen atoms in total. The Labute approximate surface area is 141 Å². The van der Waals surface area contributed by atoms with Gasteiger partial charge >= 0.3 is 0 Å². The van der Waals surface area contributed by atoms with Crippen molar-refractivity contribution in [2.24, 2.45) is 0 Å². The van der Waals surface area contributed by atoms with Crippen molar-refractivity contribution in [3.05, 3.63) is 29.3 Å². The highest BCUT2D eigenvalue weighted by atomic mass is 35.5. The standard InChI is InChI=1S/C17H22ClN3O2/c1-12(18)11-20-6-8-21(9-7-20)17(23)14-2-4-15-13(10-14)3-5-16(22)19-15/h2,4,10,12H,3,5-9,11H2,1H3,(H,19,22). The molecule has 124 valence electrons. The fourth-order valence-electron chi connectivity index (χ4n) is 3.19. The van der Waals surface area contributed by atoms with Crippen LogP contribution in [0.1, 0.15) is 29.3 Å². The number of amides is 2. The molecule has 1 aromatic carbocycles. The average Bonchev–Trinajstić information content (AvgIpc) is 2.54. The highest BCUT2D eigenvalue weighted by molar-refractivity contribution is 6.20. The van der Waals surface area contributed by atoms with Crippen molar-refractivity contribution in [3.63, 3.8) is 0 Å². The number of alkyl halides is 1. The minimum atomic E-state index is 0.0428. The van der Waals surface area contributed by atoms with E-state index in [2.05, 4.69) is 10.2 Å². The maximum absolute atomic E-state index is 12.7. The van der Waals surface area contributed by atoms with E-state index in [1.807, 2.05) is 24.0 Å². The van der Waals surface area contributed by atoms with E-state index in [0.717, 1.165) is 44.0 Å². The minimum Gasteiger partial charge on any atom is -0.336 e. The molecule has 1 atom stereocenters. The summed E-state index contributed by atoms with van der Waals surface area (Å²) in [5, 5.41) is 2.98. The van der Waals surface area contributed by atoms with E-state index < -0.39 is 0 Å². The molecule has 2 heterocycles. The quantitative estimate of drug-likeness (QED) is 0.859. The lowest BCUT2D eigenvalue weighted by Crippen LogP contribution is -2.49. The number of rotatable bonds is 3. The van der Waals surface area contributed by atoms with Crippen molar-refractivity contribution in [1.82, 2.24) is 9.80 Å². The summed E-state index contributed by atoms with van der Waals surface area (Å²) >= 11 is 6.03. The molecule has 2 amide bonds. The molecule has 0 spiro atoms. The Balaban J connectivity index is 1.64. The largest absolute Gasteiger partial charge is 0.336 e. The van der Waals surface area contributed by atoms with Gasteiger partial charge in [0.25, 0.3) is 5.91 Å². The summed E-state index contributed by atoms with van der Waals surface area (Å²) < 4.78 is 0. The van der Waals surface area contributed by atoms with Crippen molar-refractivity contribution >= 4 is 29.1 Å². The van der Waals surface area contributed by atoms with Gasteiger partial charge < -0.3 is 10.2 Å². The van der Waals surface area contributed by atoms with E-state index in [0.29, 0.717) is 18.4 Å². The van der Waals surface area contributed by atoms with E-state index in [1.165, 1.54) is 0 Å². The lowest BCUT2D eigenvalue weighted by molar-refractivity contribution is -0.116. The van der Waals surface area contributed by atoms with Crippen LogP contribution in [0, 0.1) is 0 Å². The Bertz CT molecular complexity index is 610. The first-order chi connectivity index (χ1) is 11.0. The third kappa shape index (κ3) is 3.85. The number of halogens is 1. The van der Waals surface area contributed by atoms with Gasteiger partial charge in [0, 0.05) is 55.8 Å². The smallest absolute Gasteiger partial charge is 0.253 e. The second kappa shape index (κ2) is 6.89. The molecular weight excluding hydrogens is 314 g/mol. The molecule has 1 unspecified atom stereocenters. The minimum absolute atomic E-state index is 0.0428. The van der Waals surface area contributed by atoms with Crippen LogP contribution >= 0.6 is 11.6 Å². The number of piperazine rings is 1. The monoisotopic (exact) mass is 335 g/mol. The van der Waals surface area contributed by atoms with Crippen LogP contribution in [0.5, 0.6) is 0 Å². The summed E-state index contributed by atoms with van der Waals surface area (Å²) in [6.45, 7) is 6.05. The third-order valence-corrected chi connectivity index (χ3v) is 4.55. The van der Waals surface area contributed by atoms with Crippen molar-refractivity contribution in [2.45, 2.75) is 25.1 Å². The lowest BCUT2D eigenvalue weighted by Gasteiger charge is -2.35. The van der Waals surface area contributed by atoms with E-state index in [9.17, 15) is 9.59 Å². The summed E-state index contributed by atoms with van der Waals surface area (Å²) in [6.07, 6.45) is 1.18. The van der Waals surface area contributed by atoms with Gasteiger partial charge in [-0.15, -0.1) is 11.6 Å². The van der Waals surface area contributed by atoms with Gasteiger partial charge in [-0.2, -0.15) is 0 Å². The van der Waals surface area contributed by atoms with Crippen LogP contribution in [0.4, 0.5) is 5.69 Å². The molecule has 0 saturated carbocycles. The van der Waals surface area contributed by atoms with Gasteiger partial charge in [-0.1, -0.05) is 0 Å². The Morgan fingerprint density at radius 1 is 1.26 bits per heavy atom. The number of fused-ring (bicyclic) bond motifs is 1. The number of aryl methyl sites for hydroxylation is 1. The Morgan fingerprint density at radius 3 is 2.70 bits per heavy atom. The number of nitrogens with zero attached hydrogens (tertiary/aromatic N) is 2.